The van der Waals surface area contributed by atoms with E-state index < -0.39 is 0 Å². The number of hydrogen-bond donors (Lipinski definition) is 1. The summed E-state index contributed by atoms with van der Waals surface area (Å²) < 4.78 is 4.97. The molecule has 1 aromatic heterocycles. The number of nitriles is 1. The highest BCUT2D eigenvalue weighted by atomic mass is 16.5. The Labute approximate surface area is 100 Å². The lowest BCUT2D eigenvalue weighted by molar-refractivity contribution is 0.0929. The molecule has 0 saturated carbocycles. The first-order chi connectivity index (χ1) is 8.17. The third-order valence-electron chi connectivity index (χ3n) is 2.19. The molecule has 0 aliphatic rings. The van der Waals surface area contributed by atoms with Gasteiger partial charge in [0.1, 0.15) is 11.8 Å². The number of hydrogen-bond acceptors (Lipinski definition) is 4. The van der Waals surface area contributed by atoms with Crippen LogP contribution in [0.15, 0.2) is 18.3 Å². The Hall–Kier alpha value is -1.93. The standard InChI is InChI=1S/C12H15N3O2/c1-9(8-17-2)6-15-12(16)11-4-3-10(5-13)7-14-11/h3-4,7,9H,6,8H2,1-2H3,(H,15,16). The highest BCUT2D eigenvalue weighted by Gasteiger charge is 2.08. The van der Waals surface area contributed by atoms with Gasteiger partial charge in [0, 0.05) is 19.9 Å². The largest absolute Gasteiger partial charge is 0.384 e. The summed E-state index contributed by atoms with van der Waals surface area (Å²) in [4.78, 5) is 15.6. The zero-order valence-corrected chi connectivity index (χ0v) is 9.93. The minimum atomic E-state index is -0.238. The molecule has 1 atom stereocenters. The van der Waals surface area contributed by atoms with Gasteiger partial charge in [-0.25, -0.2) is 4.98 Å². The third-order valence-corrected chi connectivity index (χ3v) is 2.19. The Bertz CT molecular complexity index is 409. The summed E-state index contributed by atoms with van der Waals surface area (Å²) in [6, 6.07) is 5.06. The van der Waals surface area contributed by atoms with Crippen LogP contribution in [0.25, 0.3) is 0 Å². The van der Waals surface area contributed by atoms with Gasteiger partial charge in [0.05, 0.1) is 12.2 Å². The minimum Gasteiger partial charge on any atom is -0.384 e. The van der Waals surface area contributed by atoms with Crippen molar-refractivity contribution in [2.24, 2.45) is 5.92 Å². The van der Waals surface area contributed by atoms with Crippen molar-refractivity contribution < 1.29 is 9.53 Å². The summed E-state index contributed by atoms with van der Waals surface area (Å²) in [6.07, 6.45) is 1.38. The van der Waals surface area contributed by atoms with Gasteiger partial charge in [-0.05, 0) is 18.1 Å². The number of aromatic nitrogens is 1. The summed E-state index contributed by atoms with van der Waals surface area (Å²) in [5, 5.41) is 11.4. The third kappa shape index (κ3) is 4.21. The van der Waals surface area contributed by atoms with Crippen LogP contribution < -0.4 is 5.32 Å². The van der Waals surface area contributed by atoms with Gasteiger partial charge in [-0.2, -0.15) is 5.26 Å². The van der Waals surface area contributed by atoms with Crippen molar-refractivity contribution >= 4 is 5.91 Å². The molecule has 0 spiro atoms. The molecule has 0 saturated heterocycles. The highest BCUT2D eigenvalue weighted by Crippen LogP contribution is 1.99. The van der Waals surface area contributed by atoms with Crippen molar-refractivity contribution in [1.82, 2.24) is 10.3 Å². The topological polar surface area (TPSA) is 75.0 Å². The maximum absolute atomic E-state index is 11.7. The van der Waals surface area contributed by atoms with Crippen LogP contribution in [0.3, 0.4) is 0 Å². The molecule has 90 valence electrons. The quantitative estimate of drug-likeness (QED) is 0.822. The van der Waals surface area contributed by atoms with Crippen LogP contribution >= 0.6 is 0 Å². The van der Waals surface area contributed by atoms with E-state index >= 15 is 0 Å². The van der Waals surface area contributed by atoms with Gasteiger partial charge in [0.15, 0.2) is 0 Å². The monoisotopic (exact) mass is 233 g/mol. The molecule has 17 heavy (non-hydrogen) atoms. The fourth-order valence-electron chi connectivity index (χ4n) is 1.30. The van der Waals surface area contributed by atoms with E-state index in [0.29, 0.717) is 24.4 Å². The van der Waals surface area contributed by atoms with E-state index in [1.54, 1.807) is 13.2 Å². The van der Waals surface area contributed by atoms with Gasteiger partial charge < -0.3 is 10.1 Å². The van der Waals surface area contributed by atoms with Crippen LogP contribution in [-0.4, -0.2) is 31.2 Å². The van der Waals surface area contributed by atoms with Gasteiger partial charge in [-0.15, -0.1) is 0 Å². The fourth-order valence-corrected chi connectivity index (χ4v) is 1.30. The Kier molecular flexibility index (Phi) is 5.11. The maximum Gasteiger partial charge on any atom is 0.269 e. The average molecular weight is 233 g/mol. The Morgan fingerprint density at radius 1 is 1.65 bits per heavy atom. The first-order valence-corrected chi connectivity index (χ1v) is 5.30. The normalized spacial score (nSPS) is 11.6. The number of methoxy groups -OCH3 is 1. The van der Waals surface area contributed by atoms with Crippen LogP contribution in [0.5, 0.6) is 0 Å². The zero-order chi connectivity index (χ0) is 12.7. The first kappa shape index (κ1) is 13.1. The molecule has 1 rings (SSSR count). The second-order valence-electron chi connectivity index (χ2n) is 3.81. The molecule has 1 unspecified atom stereocenters. The second-order valence-corrected chi connectivity index (χ2v) is 3.81. The molecule has 0 aromatic carbocycles. The lowest BCUT2D eigenvalue weighted by Gasteiger charge is -2.10. The summed E-state index contributed by atoms with van der Waals surface area (Å²) >= 11 is 0. The molecule has 5 heteroatoms. The number of nitrogens with one attached hydrogen (secondary N) is 1. The van der Waals surface area contributed by atoms with Crippen molar-refractivity contribution in [2.45, 2.75) is 6.92 Å². The summed E-state index contributed by atoms with van der Waals surface area (Å²) in [6.45, 7) is 3.12. The van der Waals surface area contributed by atoms with Crippen LogP contribution in [0, 0.1) is 17.2 Å². The number of carbonyl (C=O) groups excluding carboxylic acids is 1. The van der Waals surface area contributed by atoms with Gasteiger partial charge in [0.25, 0.3) is 5.91 Å². The number of rotatable bonds is 5. The van der Waals surface area contributed by atoms with Gasteiger partial charge >= 0.3 is 0 Å². The molecule has 1 heterocycles. The fraction of sp³-hybridized carbons (Fsp3) is 0.417. The lowest BCUT2D eigenvalue weighted by atomic mass is 10.2. The first-order valence-electron chi connectivity index (χ1n) is 5.30. The van der Waals surface area contributed by atoms with Crippen molar-refractivity contribution in [3.8, 4) is 6.07 Å². The van der Waals surface area contributed by atoms with E-state index in [-0.39, 0.29) is 11.8 Å². The predicted octanol–water partition coefficient (Wildman–Crippen LogP) is 0.966. The van der Waals surface area contributed by atoms with Crippen LogP contribution in [0.2, 0.25) is 0 Å². The van der Waals surface area contributed by atoms with Gasteiger partial charge in [-0.3, -0.25) is 4.79 Å². The Morgan fingerprint density at radius 2 is 2.41 bits per heavy atom. The zero-order valence-electron chi connectivity index (χ0n) is 9.93. The summed E-state index contributed by atoms with van der Waals surface area (Å²) in [7, 11) is 1.63. The number of ether oxygens (including phenoxy) is 1. The molecular weight excluding hydrogens is 218 g/mol. The number of pyridine rings is 1. The van der Waals surface area contributed by atoms with Crippen molar-refractivity contribution in [3.63, 3.8) is 0 Å². The summed E-state index contributed by atoms with van der Waals surface area (Å²) in [5.74, 6) is 0.0137. The minimum absolute atomic E-state index is 0.238. The van der Waals surface area contributed by atoms with Gasteiger partial charge in [0.2, 0.25) is 0 Å². The Balaban J connectivity index is 2.50. The number of nitrogens with zero attached hydrogens (tertiary/aromatic N) is 2. The second kappa shape index (κ2) is 6.61. The predicted molar refractivity (Wildman–Crippen MR) is 62.3 cm³/mol. The molecule has 0 radical (unpaired) electrons. The molecule has 0 fully saturated rings. The van der Waals surface area contributed by atoms with E-state index in [1.165, 1.54) is 12.3 Å². The summed E-state index contributed by atoms with van der Waals surface area (Å²) in [5.41, 5.74) is 0.753. The molecule has 0 aliphatic heterocycles. The SMILES string of the molecule is COCC(C)CNC(=O)c1ccc(C#N)cn1. The van der Waals surface area contributed by atoms with E-state index in [9.17, 15) is 4.79 Å². The molecular formula is C12H15N3O2. The number of carbonyl (C=O) groups is 1. The Morgan fingerprint density at radius 3 is 2.94 bits per heavy atom. The van der Waals surface area contributed by atoms with E-state index in [4.69, 9.17) is 10.00 Å². The van der Waals surface area contributed by atoms with Crippen molar-refractivity contribution in [3.05, 3.63) is 29.6 Å². The van der Waals surface area contributed by atoms with Gasteiger partial charge in [-0.1, -0.05) is 6.92 Å². The smallest absolute Gasteiger partial charge is 0.269 e. The van der Waals surface area contributed by atoms with E-state index in [0.717, 1.165) is 0 Å². The van der Waals surface area contributed by atoms with Crippen molar-refractivity contribution in [2.75, 3.05) is 20.3 Å². The molecule has 5 nitrogen and oxygen atoms in total. The molecule has 1 amide bonds. The molecule has 1 aromatic rings. The van der Waals surface area contributed by atoms with Crippen LogP contribution in [0.1, 0.15) is 23.0 Å². The average Bonchev–Trinajstić information content (AvgIpc) is 2.36. The van der Waals surface area contributed by atoms with E-state index in [1.807, 2.05) is 13.0 Å². The van der Waals surface area contributed by atoms with Crippen LogP contribution in [-0.2, 0) is 4.74 Å². The molecule has 0 aliphatic carbocycles. The van der Waals surface area contributed by atoms with Crippen LogP contribution in [0.4, 0.5) is 0 Å². The maximum atomic E-state index is 11.7. The molecule has 1 N–H and O–H groups in total. The number of amides is 1. The lowest BCUT2D eigenvalue weighted by Crippen LogP contribution is -2.30. The van der Waals surface area contributed by atoms with E-state index in [2.05, 4.69) is 10.3 Å². The van der Waals surface area contributed by atoms with Crippen molar-refractivity contribution in [1.29, 1.82) is 5.26 Å². The molecule has 0 bridgehead atoms. The highest BCUT2D eigenvalue weighted by molar-refractivity contribution is 5.92.